The van der Waals surface area contributed by atoms with Crippen LogP contribution >= 0.6 is 11.6 Å². The fourth-order valence-corrected chi connectivity index (χ4v) is 1.31. The van der Waals surface area contributed by atoms with Crippen LogP contribution in [0.5, 0.6) is 11.5 Å². The zero-order valence-electron chi connectivity index (χ0n) is 7.83. The second-order valence-electron chi connectivity index (χ2n) is 2.81. The van der Waals surface area contributed by atoms with Crippen LogP contribution in [0.3, 0.4) is 0 Å². The van der Waals surface area contributed by atoms with Crippen LogP contribution in [-0.4, -0.2) is 12.2 Å². The number of phenols is 1. The Hall–Kier alpha value is -1.19. The number of rotatable bonds is 3. The van der Waals surface area contributed by atoms with Crippen molar-refractivity contribution in [2.75, 3.05) is 7.11 Å². The molecule has 0 saturated carbocycles. The summed E-state index contributed by atoms with van der Waals surface area (Å²) in [5, 5.41) is 9.82. The molecular formula is C10H12ClNO2. The van der Waals surface area contributed by atoms with Crippen LogP contribution in [0.15, 0.2) is 24.8 Å². The van der Waals surface area contributed by atoms with Gasteiger partial charge in [0.2, 0.25) is 0 Å². The van der Waals surface area contributed by atoms with Crippen molar-refractivity contribution < 1.29 is 9.84 Å². The summed E-state index contributed by atoms with van der Waals surface area (Å²) in [6.07, 6.45) is 1.52. The summed E-state index contributed by atoms with van der Waals surface area (Å²) in [5.74, 6) is 0.528. The van der Waals surface area contributed by atoms with Gasteiger partial charge in [-0.05, 0) is 6.07 Å². The lowest BCUT2D eigenvalue weighted by Gasteiger charge is -2.12. The minimum absolute atomic E-state index is 0.0279. The Kier molecular flexibility index (Phi) is 3.38. The molecule has 3 N–H and O–H groups in total. The van der Waals surface area contributed by atoms with Crippen LogP contribution in [0, 0.1) is 0 Å². The van der Waals surface area contributed by atoms with Crippen LogP contribution < -0.4 is 10.5 Å². The summed E-state index contributed by atoms with van der Waals surface area (Å²) in [4.78, 5) is 0. The minimum Gasteiger partial charge on any atom is -0.506 e. The molecule has 1 atom stereocenters. The van der Waals surface area contributed by atoms with Gasteiger partial charge in [-0.3, -0.25) is 0 Å². The SMILES string of the molecule is C=C[C@@H](N)c1cc(OC)cc(Cl)c1O. The van der Waals surface area contributed by atoms with Gasteiger partial charge in [-0.25, -0.2) is 0 Å². The van der Waals surface area contributed by atoms with Crippen LogP contribution in [0.2, 0.25) is 5.02 Å². The fraction of sp³-hybridized carbons (Fsp3) is 0.200. The zero-order chi connectivity index (χ0) is 10.7. The van der Waals surface area contributed by atoms with Crippen LogP contribution in [0.25, 0.3) is 0 Å². The molecule has 14 heavy (non-hydrogen) atoms. The van der Waals surface area contributed by atoms with Gasteiger partial charge in [0.25, 0.3) is 0 Å². The van der Waals surface area contributed by atoms with Crippen molar-refractivity contribution in [1.82, 2.24) is 0 Å². The van der Waals surface area contributed by atoms with Crippen molar-refractivity contribution >= 4 is 11.6 Å². The molecule has 3 nitrogen and oxygen atoms in total. The van der Waals surface area contributed by atoms with Gasteiger partial charge in [-0.1, -0.05) is 17.7 Å². The Morgan fingerprint density at radius 1 is 1.64 bits per heavy atom. The Morgan fingerprint density at radius 2 is 2.29 bits per heavy atom. The summed E-state index contributed by atoms with van der Waals surface area (Å²) < 4.78 is 5.00. The molecule has 4 heteroatoms. The van der Waals surface area contributed by atoms with E-state index in [1.54, 1.807) is 6.07 Å². The molecule has 0 amide bonds. The number of hydrogen-bond donors (Lipinski definition) is 2. The van der Waals surface area contributed by atoms with E-state index in [1.807, 2.05) is 0 Å². The lowest BCUT2D eigenvalue weighted by atomic mass is 10.1. The van der Waals surface area contributed by atoms with E-state index in [1.165, 1.54) is 19.3 Å². The highest BCUT2D eigenvalue weighted by atomic mass is 35.5. The first-order valence-electron chi connectivity index (χ1n) is 4.04. The van der Waals surface area contributed by atoms with Crippen molar-refractivity contribution in [3.63, 3.8) is 0 Å². The van der Waals surface area contributed by atoms with E-state index < -0.39 is 6.04 Å². The monoisotopic (exact) mass is 213 g/mol. The lowest BCUT2D eigenvalue weighted by molar-refractivity contribution is 0.410. The lowest BCUT2D eigenvalue weighted by Crippen LogP contribution is -2.07. The fourth-order valence-electron chi connectivity index (χ4n) is 1.09. The third-order valence-corrected chi connectivity index (χ3v) is 2.20. The van der Waals surface area contributed by atoms with Gasteiger partial charge >= 0.3 is 0 Å². The predicted molar refractivity (Wildman–Crippen MR) is 56.8 cm³/mol. The summed E-state index contributed by atoms with van der Waals surface area (Å²) >= 11 is 5.78. The van der Waals surface area contributed by atoms with Gasteiger partial charge in [0.15, 0.2) is 0 Å². The van der Waals surface area contributed by atoms with Crippen LogP contribution in [-0.2, 0) is 0 Å². The topological polar surface area (TPSA) is 55.5 Å². The third kappa shape index (κ3) is 2.00. The number of phenolic OH excluding ortho intramolecular Hbond substituents is 1. The van der Waals surface area contributed by atoms with E-state index in [0.29, 0.717) is 11.3 Å². The molecule has 0 aromatic heterocycles. The molecule has 0 radical (unpaired) electrons. The Morgan fingerprint density at radius 3 is 2.79 bits per heavy atom. The molecule has 0 aliphatic rings. The largest absolute Gasteiger partial charge is 0.506 e. The number of halogens is 1. The summed E-state index contributed by atoms with van der Waals surface area (Å²) in [6, 6.07) is 2.70. The van der Waals surface area contributed by atoms with Gasteiger partial charge in [0, 0.05) is 11.6 Å². The van der Waals surface area contributed by atoms with E-state index in [0.717, 1.165) is 0 Å². The molecule has 0 heterocycles. The van der Waals surface area contributed by atoms with Crippen molar-refractivity contribution in [1.29, 1.82) is 0 Å². The van der Waals surface area contributed by atoms with Gasteiger partial charge in [-0.2, -0.15) is 0 Å². The smallest absolute Gasteiger partial charge is 0.139 e. The number of hydrogen-bond acceptors (Lipinski definition) is 3. The normalized spacial score (nSPS) is 12.2. The Labute approximate surface area is 87.8 Å². The predicted octanol–water partition coefficient (Wildman–Crippen LogP) is 2.24. The number of nitrogens with two attached hydrogens (primary N) is 1. The van der Waals surface area contributed by atoms with Gasteiger partial charge in [0.05, 0.1) is 18.2 Å². The van der Waals surface area contributed by atoms with E-state index in [4.69, 9.17) is 22.1 Å². The molecule has 0 saturated heterocycles. The van der Waals surface area contributed by atoms with Crippen molar-refractivity contribution in [3.8, 4) is 11.5 Å². The molecule has 0 spiro atoms. The van der Waals surface area contributed by atoms with E-state index in [2.05, 4.69) is 6.58 Å². The first-order valence-corrected chi connectivity index (χ1v) is 4.42. The van der Waals surface area contributed by atoms with Crippen LogP contribution in [0.4, 0.5) is 0 Å². The summed E-state index contributed by atoms with van der Waals surface area (Å²) in [6.45, 7) is 3.54. The van der Waals surface area contributed by atoms with Crippen LogP contribution in [0.1, 0.15) is 11.6 Å². The average Bonchev–Trinajstić information content (AvgIpc) is 2.20. The zero-order valence-corrected chi connectivity index (χ0v) is 8.58. The van der Waals surface area contributed by atoms with Crippen molar-refractivity contribution in [2.45, 2.75) is 6.04 Å². The molecule has 1 rings (SSSR count). The maximum Gasteiger partial charge on any atom is 0.139 e. The molecule has 1 aromatic carbocycles. The molecule has 0 fully saturated rings. The molecular weight excluding hydrogens is 202 g/mol. The number of benzene rings is 1. The standard InChI is InChI=1S/C10H12ClNO2/c1-3-9(12)7-4-6(14-2)5-8(11)10(7)13/h3-5,9,13H,1,12H2,2H3/t9-/m1/s1. The van der Waals surface area contributed by atoms with E-state index in [9.17, 15) is 5.11 Å². The highest BCUT2D eigenvalue weighted by Gasteiger charge is 2.12. The average molecular weight is 214 g/mol. The highest BCUT2D eigenvalue weighted by Crippen LogP contribution is 2.35. The number of ether oxygens (including phenoxy) is 1. The van der Waals surface area contributed by atoms with Gasteiger partial charge < -0.3 is 15.6 Å². The maximum atomic E-state index is 9.60. The highest BCUT2D eigenvalue weighted by molar-refractivity contribution is 6.32. The third-order valence-electron chi connectivity index (χ3n) is 1.92. The van der Waals surface area contributed by atoms with Crippen molar-refractivity contribution in [3.05, 3.63) is 35.4 Å². The summed E-state index contributed by atoms with van der Waals surface area (Å²) in [7, 11) is 1.52. The first-order chi connectivity index (χ1) is 6.60. The van der Waals surface area contributed by atoms with Gasteiger partial charge in [-0.15, -0.1) is 6.58 Å². The van der Waals surface area contributed by atoms with E-state index in [-0.39, 0.29) is 10.8 Å². The molecule has 0 aliphatic carbocycles. The number of aromatic hydroxyl groups is 1. The molecule has 0 unspecified atom stereocenters. The van der Waals surface area contributed by atoms with Gasteiger partial charge in [0.1, 0.15) is 11.5 Å². The quantitative estimate of drug-likeness (QED) is 0.758. The molecule has 0 bridgehead atoms. The minimum atomic E-state index is -0.456. The second kappa shape index (κ2) is 4.35. The Bertz CT molecular complexity index is 352. The maximum absolute atomic E-state index is 9.60. The second-order valence-corrected chi connectivity index (χ2v) is 3.22. The molecule has 76 valence electrons. The first kappa shape index (κ1) is 10.9. The van der Waals surface area contributed by atoms with Crippen molar-refractivity contribution in [2.24, 2.45) is 5.73 Å². The Balaban J connectivity index is 3.26. The van der Waals surface area contributed by atoms with E-state index >= 15 is 0 Å². The molecule has 1 aromatic rings. The molecule has 0 aliphatic heterocycles. The number of methoxy groups -OCH3 is 1. The summed E-state index contributed by atoms with van der Waals surface area (Å²) in [5.41, 5.74) is 6.20.